The number of nitrogen functional groups attached to an aromatic ring is 1. The molecule has 0 heterocycles. The maximum Gasteiger partial charge on any atom is 0.209 e. The summed E-state index contributed by atoms with van der Waals surface area (Å²) in [7, 11) is -4.65. The molecule has 6 heteroatoms. The van der Waals surface area contributed by atoms with Gasteiger partial charge < -0.3 is 5.73 Å². The molecule has 0 aliphatic rings. The highest BCUT2D eigenvalue weighted by Gasteiger charge is 2.08. The van der Waals surface area contributed by atoms with E-state index in [-0.39, 0.29) is 6.54 Å². The van der Waals surface area contributed by atoms with Crippen LogP contribution in [-0.4, -0.2) is 22.7 Å². The fourth-order valence-corrected chi connectivity index (χ4v) is 2.24. The van der Waals surface area contributed by atoms with Crippen molar-refractivity contribution in [2.24, 2.45) is 0 Å². The summed E-state index contributed by atoms with van der Waals surface area (Å²) in [5, 5.41) is 0. The zero-order valence-electron chi connectivity index (χ0n) is 11.7. The summed E-state index contributed by atoms with van der Waals surface area (Å²) in [6.07, 6.45) is 1.12. The van der Waals surface area contributed by atoms with Crippen molar-refractivity contribution in [2.75, 3.05) is 12.0 Å². The molecule has 19 heavy (non-hydrogen) atoms. The number of benzene rings is 1. The van der Waals surface area contributed by atoms with Gasteiger partial charge in [-0.2, -0.15) is 0 Å². The van der Waals surface area contributed by atoms with Crippen molar-refractivity contribution in [3.8, 4) is 11.5 Å². The van der Waals surface area contributed by atoms with E-state index in [1.807, 2.05) is 12.1 Å². The van der Waals surface area contributed by atoms with Gasteiger partial charge in [-0.05, 0) is 23.8 Å². The van der Waals surface area contributed by atoms with E-state index in [9.17, 15) is 8.42 Å². The van der Waals surface area contributed by atoms with Gasteiger partial charge in [0.2, 0.25) is 10.0 Å². The summed E-state index contributed by atoms with van der Waals surface area (Å²) in [5.74, 6) is 3.13. The standard InChI is InChI=1S/C13H20N2O2SSi/c1-18(16,17)15-10-12-9-11(5-6-13(12)14)7-8-19(2,3)4/h5-6,9,15H,10,14H2,1-4H3. The Labute approximate surface area is 116 Å². The first-order valence-electron chi connectivity index (χ1n) is 5.93. The van der Waals surface area contributed by atoms with Gasteiger partial charge in [0.05, 0.1) is 6.26 Å². The number of anilines is 1. The van der Waals surface area contributed by atoms with Crippen molar-refractivity contribution in [3.63, 3.8) is 0 Å². The molecule has 0 radical (unpaired) electrons. The molecular formula is C13H20N2O2SSi. The van der Waals surface area contributed by atoms with Gasteiger partial charge in [-0.15, -0.1) is 5.54 Å². The summed E-state index contributed by atoms with van der Waals surface area (Å²) < 4.78 is 24.6. The van der Waals surface area contributed by atoms with E-state index in [1.54, 1.807) is 6.07 Å². The molecule has 0 spiro atoms. The predicted molar refractivity (Wildman–Crippen MR) is 82.8 cm³/mol. The van der Waals surface area contributed by atoms with Crippen molar-refractivity contribution in [3.05, 3.63) is 29.3 Å². The zero-order valence-corrected chi connectivity index (χ0v) is 13.6. The number of sulfonamides is 1. The second-order valence-electron chi connectivity index (χ2n) is 5.51. The molecule has 0 atom stereocenters. The minimum absolute atomic E-state index is 0.188. The average Bonchev–Trinajstić information content (AvgIpc) is 2.24. The summed E-state index contributed by atoms with van der Waals surface area (Å²) in [6.45, 7) is 6.70. The number of nitrogens with two attached hydrogens (primary N) is 1. The number of nitrogens with one attached hydrogen (secondary N) is 1. The van der Waals surface area contributed by atoms with Gasteiger partial charge in [0.1, 0.15) is 8.07 Å². The fraction of sp³-hybridized carbons (Fsp3) is 0.385. The van der Waals surface area contributed by atoms with Crippen molar-refractivity contribution in [2.45, 2.75) is 26.2 Å². The molecular weight excluding hydrogens is 276 g/mol. The highest BCUT2D eigenvalue weighted by Crippen LogP contribution is 2.14. The van der Waals surface area contributed by atoms with Crippen LogP contribution < -0.4 is 10.5 Å². The van der Waals surface area contributed by atoms with Crippen LogP contribution in [0.2, 0.25) is 19.6 Å². The molecule has 0 aliphatic carbocycles. The molecule has 1 rings (SSSR count). The van der Waals surface area contributed by atoms with E-state index in [4.69, 9.17) is 5.73 Å². The average molecular weight is 296 g/mol. The molecule has 1 aromatic carbocycles. The smallest absolute Gasteiger partial charge is 0.209 e. The van der Waals surface area contributed by atoms with E-state index in [2.05, 4.69) is 35.8 Å². The van der Waals surface area contributed by atoms with Gasteiger partial charge in [0.25, 0.3) is 0 Å². The molecule has 0 unspecified atom stereocenters. The largest absolute Gasteiger partial charge is 0.398 e. The maximum atomic E-state index is 11.1. The molecule has 0 amide bonds. The second kappa shape index (κ2) is 5.78. The van der Waals surface area contributed by atoms with Crippen LogP contribution in [0, 0.1) is 11.5 Å². The molecule has 0 saturated heterocycles. The highest BCUT2D eigenvalue weighted by atomic mass is 32.2. The molecule has 0 aliphatic heterocycles. The maximum absolute atomic E-state index is 11.1. The van der Waals surface area contributed by atoms with Crippen LogP contribution in [0.1, 0.15) is 11.1 Å². The number of hydrogen-bond donors (Lipinski definition) is 2. The predicted octanol–water partition coefficient (Wildman–Crippen LogP) is 1.55. The third kappa shape index (κ3) is 6.43. The van der Waals surface area contributed by atoms with Crippen LogP contribution >= 0.6 is 0 Å². The van der Waals surface area contributed by atoms with Crippen LogP contribution in [0.5, 0.6) is 0 Å². The van der Waals surface area contributed by atoms with Gasteiger partial charge >= 0.3 is 0 Å². The molecule has 0 bridgehead atoms. The molecule has 0 aromatic heterocycles. The van der Waals surface area contributed by atoms with Crippen LogP contribution in [0.3, 0.4) is 0 Å². The summed E-state index contributed by atoms with van der Waals surface area (Å²) >= 11 is 0. The Morgan fingerprint density at radius 3 is 2.47 bits per heavy atom. The van der Waals surface area contributed by atoms with Gasteiger partial charge in [-0.25, -0.2) is 13.1 Å². The Hall–Kier alpha value is -1.29. The number of hydrogen-bond acceptors (Lipinski definition) is 3. The lowest BCUT2D eigenvalue weighted by molar-refractivity contribution is 0.587. The molecule has 4 nitrogen and oxygen atoms in total. The van der Waals surface area contributed by atoms with Crippen LogP contribution in [0.15, 0.2) is 18.2 Å². The van der Waals surface area contributed by atoms with E-state index in [0.29, 0.717) is 5.69 Å². The first-order valence-corrected chi connectivity index (χ1v) is 11.3. The Morgan fingerprint density at radius 2 is 1.95 bits per heavy atom. The van der Waals surface area contributed by atoms with Crippen molar-refractivity contribution >= 4 is 23.8 Å². The van der Waals surface area contributed by atoms with Crippen molar-refractivity contribution in [1.82, 2.24) is 4.72 Å². The van der Waals surface area contributed by atoms with E-state index >= 15 is 0 Å². The SMILES string of the molecule is C[Si](C)(C)C#Cc1ccc(N)c(CNS(C)(=O)=O)c1. The van der Waals surface area contributed by atoms with Crippen molar-refractivity contribution in [1.29, 1.82) is 0 Å². The first kappa shape index (κ1) is 15.8. The van der Waals surface area contributed by atoms with Gasteiger partial charge in [0.15, 0.2) is 0 Å². The Morgan fingerprint density at radius 1 is 1.32 bits per heavy atom. The van der Waals surface area contributed by atoms with Gasteiger partial charge in [-0.3, -0.25) is 0 Å². The molecule has 104 valence electrons. The first-order chi connectivity index (χ1) is 8.57. The molecule has 3 N–H and O–H groups in total. The third-order valence-corrected chi connectivity index (χ3v) is 3.79. The van der Waals surface area contributed by atoms with E-state index in [1.165, 1.54) is 0 Å². The van der Waals surface area contributed by atoms with Crippen LogP contribution in [0.4, 0.5) is 5.69 Å². The lowest BCUT2D eigenvalue weighted by Gasteiger charge is -2.07. The quantitative estimate of drug-likeness (QED) is 0.505. The Kier molecular flexibility index (Phi) is 4.79. The highest BCUT2D eigenvalue weighted by molar-refractivity contribution is 7.88. The van der Waals surface area contributed by atoms with Crippen molar-refractivity contribution < 1.29 is 8.42 Å². The number of rotatable bonds is 3. The molecule has 0 fully saturated rings. The normalized spacial score (nSPS) is 11.8. The van der Waals surface area contributed by atoms with Crippen LogP contribution in [0.25, 0.3) is 0 Å². The lowest BCUT2D eigenvalue weighted by atomic mass is 10.1. The van der Waals surface area contributed by atoms with E-state index in [0.717, 1.165) is 17.4 Å². The molecule has 1 aromatic rings. The minimum Gasteiger partial charge on any atom is -0.398 e. The van der Waals surface area contributed by atoms with Gasteiger partial charge in [0, 0.05) is 17.8 Å². The topological polar surface area (TPSA) is 72.2 Å². The summed E-state index contributed by atoms with van der Waals surface area (Å²) in [4.78, 5) is 0. The molecule has 0 saturated carbocycles. The zero-order chi connectivity index (χ0) is 14.7. The van der Waals surface area contributed by atoms with Crippen LogP contribution in [-0.2, 0) is 16.6 Å². The monoisotopic (exact) mass is 296 g/mol. The summed E-state index contributed by atoms with van der Waals surface area (Å²) in [6, 6.07) is 5.45. The Balaban J connectivity index is 2.97. The van der Waals surface area contributed by atoms with E-state index < -0.39 is 18.1 Å². The summed E-state index contributed by atoms with van der Waals surface area (Å²) in [5.41, 5.74) is 11.3. The minimum atomic E-state index is -3.22. The Bertz CT molecular complexity index is 622. The third-order valence-electron chi connectivity index (χ3n) is 2.25. The lowest BCUT2D eigenvalue weighted by Crippen LogP contribution is -2.21. The fourth-order valence-electron chi connectivity index (χ4n) is 1.31. The van der Waals surface area contributed by atoms with Gasteiger partial charge in [-0.1, -0.05) is 25.6 Å². The second-order valence-corrected chi connectivity index (χ2v) is 12.1.